The second kappa shape index (κ2) is 6.95. The van der Waals surface area contributed by atoms with E-state index in [0.29, 0.717) is 12.5 Å². The van der Waals surface area contributed by atoms with E-state index in [0.717, 1.165) is 38.8 Å². The Morgan fingerprint density at radius 2 is 1.90 bits per heavy atom. The van der Waals surface area contributed by atoms with E-state index in [4.69, 9.17) is 0 Å². The third kappa shape index (κ3) is 4.12. The maximum absolute atomic E-state index is 12.1. The Morgan fingerprint density at radius 1 is 1.20 bits per heavy atom. The predicted molar refractivity (Wildman–Crippen MR) is 76.5 cm³/mol. The van der Waals surface area contributed by atoms with Crippen LogP contribution in [0.15, 0.2) is 0 Å². The first-order valence-corrected chi connectivity index (χ1v) is 7.87. The average Bonchev–Trinajstić information content (AvgIpc) is 3.26. The highest BCUT2D eigenvalue weighted by atomic mass is 16.4. The second-order valence-electron chi connectivity index (χ2n) is 6.16. The van der Waals surface area contributed by atoms with Gasteiger partial charge in [-0.15, -0.1) is 0 Å². The minimum absolute atomic E-state index is 0.0332. The highest BCUT2D eigenvalue weighted by Crippen LogP contribution is 2.31. The van der Waals surface area contributed by atoms with Crippen LogP contribution in [-0.2, 0) is 4.79 Å². The topological polar surface area (TPSA) is 69.6 Å². The van der Waals surface area contributed by atoms with Crippen LogP contribution < -0.4 is 5.32 Å². The van der Waals surface area contributed by atoms with E-state index in [1.54, 1.807) is 0 Å². The van der Waals surface area contributed by atoms with Crippen molar-refractivity contribution in [3.05, 3.63) is 0 Å². The van der Waals surface area contributed by atoms with Crippen molar-refractivity contribution >= 4 is 12.0 Å². The van der Waals surface area contributed by atoms with Crippen LogP contribution in [0.5, 0.6) is 0 Å². The molecule has 5 nitrogen and oxygen atoms in total. The van der Waals surface area contributed by atoms with Crippen LogP contribution in [0.2, 0.25) is 0 Å². The van der Waals surface area contributed by atoms with Gasteiger partial charge in [-0.3, -0.25) is 4.79 Å². The van der Waals surface area contributed by atoms with Gasteiger partial charge in [0.15, 0.2) is 0 Å². The van der Waals surface area contributed by atoms with Crippen molar-refractivity contribution < 1.29 is 14.7 Å². The van der Waals surface area contributed by atoms with Crippen LogP contribution in [0.25, 0.3) is 0 Å². The van der Waals surface area contributed by atoms with Crippen LogP contribution in [0.1, 0.15) is 45.4 Å². The number of carboxylic acid groups (broad SMARTS) is 1. The zero-order valence-corrected chi connectivity index (χ0v) is 12.3. The molecule has 2 amide bonds. The van der Waals surface area contributed by atoms with Crippen molar-refractivity contribution in [1.29, 1.82) is 0 Å². The smallest absolute Gasteiger partial charge is 0.317 e. The van der Waals surface area contributed by atoms with Gasteiger partial charge in [0, 0.05) is 19.6 Å². The minimum atomic E-state index is -0.714. The molecule has 2 saturated carbocycles. The third-order valence-corrected chi connectivity index (χ3v) is 4.59. The van der Waals surface area contributed by atoms with Crippen LogP contribution in [0.3, 0.4) is 0 Å². The molecular formula is C15H26N2O3. The van der Waals surface area contributed by atoms with Gasteiger partial charge in [-0.05, 0) is 44.4 Å². The number of rotatable bonds is 6. The molecule has 2 atom stereocenters. The van der Waals surface area contributed by atoms with E-state index in [9.17, 15) is 14.7 Å². The van der Waals surface area contributed by atoms with Gasteiger partial charge in [0.1, 0.15) is 0 Å². The molecular weight excluding hydrogens is 256 g/mol. The van der Waals surface area contributed by atoms with Gasteiger partial charge < -0.3 is 15.3 Å². The average molecular weight is 282 g/mol. The Morgan fingerprint density at radius 3 is 2.50 bits per heavy atom. The van der Waals surface area contributed by atoms with Crippen molar-refractivity contribution in [2.24, 2.45) is 17.8 Å². The summed E-state index contributed by atoms with van der Waals surface area (Å²) in [5.74, 6) is -0.233. The second-order valence-corrected chi connectivity index (χ2v) is 6.16. The molecule has 2 aliphatic carbocycles. The van der Waals surface area contributed by atoms with Crippen molar-refractivity contribution in [1.82, 2.24) is 10.2 Å². The SMILES string of the molecule is CCN(CC1CC1)C(=O)NCC1CCCCC1C(=O)O. The van der Waals surface area contributed by atoms with E-state index in [-0.39, 0.29) is 17.9 Å². The lowest BCUT2D eigenvalue weighted by molar-refractivity contribution is -0.144. The van der Waals surface area contributed by atoms with E-state index in [1.807, 2.05) is 11.8 Å². The molecule has 0 radical (unpaired) electrons. The first-order valence-electron chi connectivity index (χ1n) is 7.87. The summed E-state index contributed by atoms with van der Waals surface area (Å²) in [5.41, 5.74) is 0. The lowest BCUT2D eigenvalue weighted by Gasteiger charge is -2.30. The Balaban J connectivity index is 1.79. The van der Waals surface area contributed by atoms with Gasteiger partial charge in [0.25, 0.3) is 0 Å². The molecule has 2 unspecified atom stereocenters. The summed E-state index contributed by atoms with van der Waals surface area (Å²) in [6.07, 6.45) is 6.18. The van der Waals surface area contributed by atoms with Gasteiger partial charge >= 0.3 is 12.0 Å². The largest absolute Gasteiger partial charge is 0.481 e. The van der Waals surface area contributed by atoms with Crippen LogP contribution in [0.4, 0.5) is 4.79 Å². The molecule has 0 heterocycles. The third-order valence-electron chi connectivity index (χ3n) is 4.59. The number of carboxylic acids is 1. The highest BCUT2D eigenvalue weighted by Gasteiger charge is 2.31. The first-order chi connectivity index (χ1) is 9.61. The highest BCUT2D eigenvalue weighted by molar-refractivity contribution is 5.74. The number of aliphatic carboxylic acids is 1. The summed E-state index contributed by atoms with van der Waals surface area (Å²) >= 11 is 0. The fourth-order valence-electron chi connectivity index (χ4n) is 3.08. The number of urea groups is 1. The normalized spacial score (nSPS) is 26.1. The minimum Gasteiger partial charge on any atom is -0.481 e. The van der Waals surface area contributed by atoms with Gasteiger partial charge in [-0.25, -0.2) is 4.79 Å². The lowest BCUT2D eigenvalue weighted by Crippen LogP contribution is -2.44. The van der Waals surface area contributed by atoms with Crippen LogP contribution in [0, 0.1) is 17.8 Å². The molecule has 0 spiro atoms. The molecule has 0 saturated heterocycles. The lowest BCUT2D eigenvalue weighted by atomic mass is 9.79. The standard InChI is InChI=1S/C15H26N2O3/c1-2-17(10-11-7-8-11)15(20)16-9-12-5-3-4-6-13(12)14(18)19/h11-13H,2-10H2,1H3,(H,16,20)(H,18,19). The number of carbonyl (C=O) groups excluding carboxylic acids is 1. The van der Waals surface area contributed by atoms with E-state index < -0.39 is 5.97 Å². The molecule has 0 aromatic heterocycles. The molecule has 0 aliphatic heterocycles. The molecule has 20 heavy (non-hydrogen) atoms. The summed E-state index contributed by atoms with van der Waals surface area (Å²) < 4.78 is 0. The van der Waals surface area contributed by atoms with Gasteiger partial charge in [-0.2, -0.15) is 0 Å². The molecule has 114 valence electrons. The Labute approximate surface area is 120 Å². The fraction of sp³-hybridized carbons (Fsp3) is 0.867. The summed E-state index contributed by atoms with van der Waals surface area (Å²) in [6.45, 7) is 4.05. The van der Waals surface area contributed by atoms with Crippen molar-refractivity contribution in [3.63, 3.8) is 0 Å². The molecule has 0 bridgehead atoms. The number of hydrogen-bond acceptors (Lipinski definition) is 2. The Hall–Kier alpha value is -1.26. The quantitative estimate of drug-likeness (QED) is 0.785. The Bertz CT molecular complexity index is 355. The number of nitrogens with zero attached hydrogens (tertiary/aromatic N) is 1. The number of amides is 2. The fourth-order valence-corrected chi connectivity index (χ4v) is 3.08. The molecule has 2 N–H and O–H groups in total. The maximum atomic E-state index is 12.1. The van der Waals surface area contributed by atoms with Crippen molar-refractivity contribution in [2.75, 3.05) is 19.6 Å². The van der Waals surface area contributed by atoms with Gasteiger partial charge in [0.05, 0.1) is 5.92 Å². The van der Waals surface area contributed by atoms with E-state index in [2.05, 4.69) is 5.32 Å². The maximum Gasteiger partial charge on any atom is 0.317 e. The van der Waals surface area contributed by atoms with Crippen molar-refractivity contribution in [3.8, 4) is 0 Å². The summed E-state index contributed by atoms with van der Waals surface area (Å²) in [6, 6.07) is -0.0332. The summed E-state index contributed by atoms with van der Waals surface area (Å²) in [4.78, 5) is 25.2. The summed E-state index contributed by atoms with van der Waals surface area (Å²) in [7, 11) is 0. The zero-order chi connectivity index (χ0) is 14.5. The van der Waals surface area contributed by atoms with Gasteiger partial charge in [0.2, 0.25) is 0 Å². The molecule has 2 fully saturated rings. The summed E-state index contributed by atoms with van der Waals surface area (Å²) in [5, 5.41) is 12.2. The van der Waals surface area contributed by atoms with Crippen LogP contribution >= 0.6 is 0 Å². The number of hydrogen-bond donors (Lipinski definition) is 2. The van der Waals surface area contributed by atoms with E-state index in [1.165, 1.54) is 12.8 Å². The molecule has 0 aromatic rings. The zero-order valence-electron chi connectivity index (χ0n) is 12.3. The number of carbonyl (C=O) groups is 2. The first kappa shape index (κ1) is 15.1. The van der Waals surface area contributed by atoms with Gasteiger partial charge in [-0.1, -0.05) is 12.8 Å². The monoisotopic (exact) mass is 282 g/mol. The molecule has 0 aromatic carbocycles. The Kier molecular flexibility index (Phi) is 5.26. The van der Waals surface area contributed by atoms with Crippen molar-refractivity contribution in [2.45, 2.75) is 45.4 Å². The number of nitrogens with one attached hydrogen (secondary N) is 1. The molecule has 2 rings (SSSR count). The van der Waals surface area contributed by atoms with E-state index >= 15 is 0 Å². The van der Waals surface area contributed by atoms with Crippen LogP contribution in [-0.4, -0.2) is 41.6 Å². The predicted octanol–water partition coefficient (Wildman–Crippen LogP) is 2.32. The molecule has 5 heteroatoms. The molecule has 2 aliphatic rings.